The molecular formula is C21H28N4O3S2. The Morgan fingerprint density at radius 3 is 2.73 bits per heavy atom. The van der Waals surface area contributed by atoms with Gasteiger partial charge in [0, 0.05) is 42.5 Å². The van der Waals surface area contributed by atoms with Gasteiger partial charge in [-0.1, -0.05) is 13.3 Å². The zero-order valence-corrected chi connectivity index (χ0v) is 19.1. The minimum Gasteiger partial charge on any atom is -0.301 e. The Kier molecular flexibility index (Phi) is 6.24. The highest BCUT2D eigenvalue weighted by atomic mass is 32.2. The van der Waals surface area contributed by atoms with E-state index in [1.165, 1.54) is 28.3 Å². The number of carbonyl (C=O) groups excluding carboxylic acids is 1. The van der Waals surface area contributed by atoms with E-state index in [0.29, 0.717) is 17.2 Å². The molecule has 2 aliphatic rings. The van der Waals surface area contributed by atoms with Crippen molar-refractivity contribution in [3.8, 4) is 0 Å². The fourth-order valence-corrected chi connectivity index (χ4v) is 7.01. The summed E-state index contributed by atoms with van der Waals surface area (Å²) in [6, 6.07) is 6.28. The summed E-state index contributed by atoms with van der Waals surface area (Å²) in [5.74, 6) is -0.275. The second-order valence-electron chi connectivity index (χ2n) is 8.03. The lowest BCUT2D eigenvalue weighted by molar-refractivity contribution is 0.102. The first-order chi connectivity index (χ1) is 14.4. The van der Waals surface area contributed by atoms with E-state index in [1.54, 1.807) is 16.4 Å². The van der Waals surface area contributed by atoms with Crippen molar-refractivity contribution in [1.82, 2.24) is 14.2 Å². The first-order valence-corrected chi connectivity index (χ1v) is 12.7. The lowest BCUT2D eigenvalue weighted by Gasteiger charge is -2.34. The van der Waals surface area contributed by atoms with Crippen LogP contribution < -0.4 is 5.32 Å². The summed E-state index contributed by atoms with van der Waals surface area (Å²) in [4.78, 5) is 20.8. The van der Waals surface area contributed by atoms with Crippen LogP contribution in [-0.4, -0.2) is 54.7 Å². The van der Waals surface area contributed by atoms with Gasteiger partial charge in [-0.3, -0.25) is 10.1 Å². The van der Waals surface area contributed by atoms with Gasteiger partial charge in [-0.25, -0.2) is 13.4 Å². The van der Waals surface area contributed by atoms with Crippen molar-refractivity contribution in [2.45, 2.75) is 56.5 Å². The molecule has 1 amide bonds. The number of amides is 1. The van der Waals surface area contributed by atoms with Crippen molar-refractivity contribution in [3.63, 3.8) is 0 Å². The minimum absolute atomic E-state index is 0.0571. The van der Waals surface area contributed by atoms with Crippen molar-refractivity contribution < 1.29 is 13.2 Å². The molecule has 0 radical (unpaired) electrons. The number of nitrogens with one attached hydrogen (secondary N) is 1. The van der Waals surface area contributed by atoms with E-state index in [1.807, 2.05) is 6.92 Å². The molecule has 0 spiro atoms. The molecule has 3 heterocycles. The van der Waals surface area contributed by atoms with E-state index in [9.17, 15) is 13.2 Å². The number of hydrogen-bond acceptors (Lipinski definition) is 6. The first kappa shape index (κ1) is 21.4. The van der Waals surface area contributed by atoms with Crippen LogP contribution in [0, 0.1) is 0 Å². The van der Waals surface area contributed by atoms with Crippen LogP contribution in [0.4, 0.5) is 5.13 Å². The lowest BCUT2D eigenvalue weighted by Crippen LogP contribution is -2.43. The van der Waals surface area contributed by atoms with Crippen molar-refractivity contribution in [1.29, 1.82) is 0 Å². The van der Waals surface area contributed by atoms with Gasteiger partial charge in [-0.05, 0) is 50.6 Å². The fraction of sp³-hybridized carbons (Fsp3) is 0.524. The number of carbonyl (C=O) groups is 1. The van der Waals surface area contributed by atoms with Crippen LogP contribution in [0.3, 0.4) is 0 Å². The third-order valence-electron chi connectivity index (χ3n) is 5.91. The molecule has 0 bridgehead atoms. The van der Waals surface area contributed by atoms with Crippen LogP contribution in [0.1, 0.15) is 53.5 Å². The largest absolute Gasteiger partial charge is 0.301 e. The van der Waals surface area contributed by atoms with Gasteiger partial charge < -0.3 is 4.90 Å². The van der Waals surface area contributed by atoms with E-state index in [4.69, 9.17) is 0 Å². The van der Waals surface area contributed by atoms with E-state index in [0.717, 1.165) is 50.9 Å². The van der Waals surface area contributed by atoms with Crippen LogP contribution in [0.2, 0.25) is 0 Å². The maximum Gasteiger partial charge on any atom is 0.257 e. The number of benzene rings is 1. The van der Waals surface area contributed by atoms with Gasteiger partial charge in [0.15, 0.2) is 5.13 Å². The Labute approximate surface area is 182 Å². The van der Waals surface area contributed by atoms with E-state index in [2.05, 4.69) is 22.2 Å². The van der Waals surface area contributed by atoms with Crippen LogP contribution in [0.5, 0.6) is 0 Å². The molecule has 0 saturated carbocycles. The number of fused-ring (bicyclic) bond motifs is 1. The summed E-state index contributed by atoms with van der Waals surface area (Å²) in [6.45, 7) is 4.41. The molecule has 1 saturated heterocycles. The van der Waals surface area contributed by atoms with Crippen molar-refractivity contribution in [2.24, 2.45) is 0 Å². The SMILES string of the molecule is CCC1CCCCN1S(=O)(=O)c1ccc(C(=O)Nc2nc3c(s2)CN(C)CC3)cc1. The summed E-state index contributed by atoms with van der Waals surface area (Å²) in [5, 5.41) is 3.45. The quantitative estimate of drug-likeness (QED) is 0.759. The van der Waals surface area contributed by atoms with Gasteiger partial charge in [-0.15, -0.1) is 11.3 Å². The molecule has 1 N–H and O–H groups in total. The number of sulfonamides is 1. The highest BCUT2D eigenvalue weighted by Crippen LogP contribution is 2.29. The molecular weight excluding hydrogens is 420 g/mol. The van der Waals surface area contributed by atoms with E-state index in [-0.39, 0.29) is 16.8 Å². The molecule has 4 rings (SSSR count). The summed E-state index contributed by atoms with van der Waals surface area (Å²) < 4.78 is 27.8. The minimum atomic E-state index is -3.55. The average molecular weight is 449 g/mol. The number of nitrogens with zero attached hydrogens (tertiary/aromatic N) is 3. The van der Waals surface area contributed by atoms with Crippen LogP contribution in [0.25, 0.3) is 0 Å². The Hall–Kier alpha value is -1.81. The molecule has 1 unspecified atom stereocenters. The second-order valence-corrected chi connectivity index (χ2v) is 11.0. The van der Waals surface area contributed by atoms with Crippen molar-refractivity contribution in [2.75, 3.05) is 25.5 Å². The monoisotopic (exact) mass is 448 g/mol. The molecule has 1 aromatic carbocycles. The highest BCUT2D eigenvalue weighted by Gasteiger charge is 2.32. The number of anilines is 1. The number of aromatic nitrogens is 1. The summed E-state index contributed by atoms with van der Waals surface area (Å²) in [6.07, 6.45) is 4.57. The molecule has 30 heavy (non-hydrogen) atoms. The standard InChI is InChI=1S/C21H28N4O3S2/c1-3-16-6-4-5-12-25(16)30(27,28)17-9-7-15(8-10-17)20(26)23-21-22-18-11-13-24(2)14-19(18)29-21/h7-10,16H,3-6,11-14H2,1-2H3,(H,22,23,26). The second kappa shape index (κ2) is 8.74. The van der Waals surface area contributed by atoms with Gasteiger partial charge in [-0.2, -0.15) is 4.31 Å². The maximum atomic E-state index is 13.1. The summed E-state index contributed by atoms with van der Waals surface area (Å²) >= 11 is 1.50. The molecule has 7 nitrogen and oxygen atoms in total. The molecule has 9 heteroatoms. The smallest absolute Gasteiger partial charge is 0.257 e. The van der Waals surface area contributed by atoms with Crippen molar-refractivity contribution >= 4 is 32.4 Å². The molecule has 162 valence electrons. The number of piperidine rings is 1. The Morgan fingerprint density at radius 2 is 2.00 bits per heavy atom. The average Bonchev–Trinajstić information content (AvgIpc) is 3.15. The third kappa shape index (κ3) is 4.30. The number of likely N-dealkylation sites (N-methyl/N-ethyl adjacent to an activating group) is 1. The maximum absolute atomic E-state index is 13.1. The number of rotatable bonds is 5. The molecule has 0 aliphatic carbocycles. The lowest BCUT2D eigenvalue weighted by atomic mass is 10.0. The molecule has 2 aliphatic heterocycles. The normalized spacial score (nSPS) is 20.7. The van der Waals surface area contributed by atoms with Crippen molar-refractivity contribution in [3.05, 3.63) is 40.4 Å². The summed E-state index contributed by atoms with van der Waals surface area (Å²) in [5.41, 5.74) is 1.48. The Bertz CT molecular complexity index is 1020. The van der Waals surface area contributed by atoms with Crippen LogP contribution in [0.15, 0.2) is 29.2 Å². The zero-order chi connectivity index (χ0) is 21.3. The molecule has 1 atom stereocenters. The Morgan fingerprint density at radius 1 is 1.23 bits per heavy atom. The molecule has 2 aromatic rings. The van der Waals surface area contributed by atoms with E-state index >= 15 is 0 Å². The predicted octanol–water partition coefficient (Wildman–Crippen LogP) is 3.34. The van der Waals surface area contributed by atoms with E-state index < -0.39 is 10.0 Å². The third-order valence-corrected chi connectivity index (χ3v) is 8.87. The zero-order valence-electron chi connectivity index (χ0n) is 17.4. The van der Waals surface area contributed by atoms with Gasteiger partial charge >= 0.3 is 0 Å². The predicted molar refractivity (Wildman–Crippen MR) is 118 cm³/mol. The number of hydrogen-bond donors (Lipinski definition) is 1. The van der Waals surface area contributed by atoms with Gasteiger partial charge in [0.2, 0.25) is 10.0 Å². The molecule has 1 aromatic heterocycles. The van der Waals surface area contributed by atoms with Gasteiger partial charge in [0.1, 0.15) is 0 Å². The first-order valence-electron chi connectivity index (χ1n) is 10.5. The fourth-order valence-electron chi connectivity index (χ4n) is 4.16. The summed E-state index contributed by atoms with van der Waals surface area (Å²) in [7, 11) is -1.47. The topological polar surface area (TPSA) is 82.6 Å². The van der Waals surface area contributed by atoms with Gasteiger partial charge in [0.05, 0.1) is 10.6 Å². The number of thiazole rings is 1. The highest BCUT2D eigenvalue weighted by molar-refractivity contribution is 7.89. The van der Waals surface area contributed by atoms with Gasteiger partial charge in [0.25, 0.3) is 5.91 Å². The molecule has 1 fully saturated rings. The van der Waals surface area contributed by atoms with Crippen LogP contribution in [-0.2, 0) is 23.0 Å². The van der Waals surface area contributed by atoms with Crippen LogP contribution >= 0.6 is 11.3 Å². The Balaban J connectivity index is 1.47.